The number of aliphatic hydroxyl groups excluding tert-OH is 1. The molecule has 0 aliphatic carbocycles. The van der Waals surface area contributed by atoms with Gasteiger partial charge in [0.2, 0.25) is 4.71 Å². The second-order valence-electron chi connectivity index (χ2n) is 1.71. The highest BCUT2D eigenvalue weighted by molar-refractivity contribution is 7.87. The van der Waals surface area contributed by atoms with Crippen LogP contribution in [0.1, 0.15) is 6.92 Å². The quantitative estimate of drug-likeness (QED) is 0.376. The topological polar surface area (TPSA) is 83.8 Å². The molecule has 0 rings (SSSR count). The maximum absolute atomic E-state index is 10.2. The van der Waals surface area contributed by atoms with E-state index < -0.39 is 21.1 Å². The van der Waals surface area contributed by atoms with Crippen LogP contribution in [0.25, 0.3) is 0 Å². The summed E-state index contributed by atoms with van der Waals surface area (Å²) in [5.41, 5.74) is 0. The molecule has 0 aliphatic rings. The third kappa shape index (κ3) is 3.88. The fourth-order valence-electron chi connectivity index (χ4n) is 0.394. The summed E-state index contributed by atoms with van der Waals surface area (Å²) >= 11 is 5.07. The van der Waals surface area contributed by atoms with Gasteiger partial charge in [0.05, 0.1) is 0 Å². The molecule has 2 unspecified atom stereocenters. The van der Waals surface area contributed by atoms with Crippen LogP contribution in [0.15, 0.2) is 0 Å². The molecule has 0 bridgehead atoms. The zero-order valence-electron chi connectivity index (χ0n) is 5.77. The van der Waals surface area contributed by atoms with Crippen molar-refractivity contribution in [1.29, 1.82) is 0 Å². The van der Waals surface area contributed by atoms with Crippen LogP contribution in [-0.2, 0) is 14.9 Å². The van der Waals surface area contributed by atoms with Crippen molar-refractivity contribution < 1.29 is 22.8 Å². The summed E-state index contributed by atoms with van der Waals surface area (Å²) in [7, 11) is -4.43. The predicted molar refractivity (Wildman–Crippen MR) is 38.8 cm³/mol. The van der Waals surface area contributed by atoms with Gasteiger partial charge in [-0.25, -0.2) is 0 Å². The molecule has 7 heteroatoms. The molecule has 0 saturated carbocycles. The number of hydrogen-bond acceptors (Lipinski definition) is 4. The van der Waals surface area contributed by atoms with E-state index in [1.807, 2.05) is 0 Å². The van der Waals surface area contributed by atoms with Gasteiger partial charge in [-0.15, -0.1) is 0 Å². The van der Waals surface area contributed by atoms with Crippen LogP contribution >= 0.6 is 11.6 Å². The second-order valence-corrected chi connectivity index (χ2v) is 3.98. The summed E-state index contributed by atoms with van der Waals surface area (Å²) < 4.78 is 31.3. The van der Waals surface area contributed by atoms with E-state index in [0.717, 1.165) is 0 Å². The molecular formula is C4H9ClO5S. The maximum atomic E-state index is 10.2. The summed E-state index contributed by atoms with van der Waals surface area (Å²) in [4.78, 5) is 0. The van der Waals surface area contributed by atoms with Crippen molar-refractivity contribution >= 4 is 21.7 Å². The van der Waals surface area contributed by atoms with Gasteiger partial charge in [0.15, 0.2) is 6.29 Å². The Hall–Kier alpha value is 0.120. The minimum Gasteiger partial charge on any atom is -0.366 e. The molecule has 0 fully saturated rings. The third-order valence-electron chi connectivity index (χ3n) is 0.846. The standard InChI is InChI=1S/C4H9ClO5S/c1-2-10-4(6)3(5)11(7,8)9/h3-4,6H,2H2,1H3,(H,7,8,9). The van der Waals surface area contributed by atoms with Gasteiger partial charge in [-0.2, -0.15) is 8.42 Å². The van der Waals surface area contributed by atoms with E-state index in [-0.39, 0.29) is 6.61 Å². The molecule has 5 nitrogen and oxygen atoms in total. The normalized spacial score (nSPS) is 17.8. The Morgan fingerprint density at radius 1 is 1.64 bits per heavy atom. The zero-order valence-corrected chi connectivity index (χ0v) is 7.34. The first-order valence-electron chi connectivity index (χ1n) is 2.79. The summed E-state index contributed by atoms with van der Waals surface area (Å²) in [6.07, 6.45) is -1.70. The van der Waals surface area contributed by atoms with Crippen molar-refractivity contribution in [3.05, 3.63) is 0 Å². The van der Waals surface area contributed by atoms with Crippen LogP contribution in [0.4, 0.5) is 0 Å². The molecule has 11 heavy (non-hydrogen) atoms. The lowest BCUT2D eigenvalue weighted by Gasteiger charge is -2.13. The molecule has 0 spiro atoms. The SMILES string of the molecule is CCOC(O)C(Cl)S(=O)(=O)O. The summed E-state index contributed by atoms with van der Waals surface area (Å²) in [6.45, 7) is 1.66. The average Bonchev–Trinajstić information content (AvgIpc) is 1.85. The van der Waals surface area contributed by atoms with Crippen molar-refractivity contribution in [2.75, 3.05) is 6.61 Å². The molecule has 2 atom stereocenters. The predicted octanol–water partition coefficient (Wildman–Crippen LogP) is -0.206. The Morgan fingerprint density at radius 2 is 2.09 bits per heavy atom. The molecule has 2 N–H and O–H groups in total. The highest BCUT2D eigenvalue weighted by atomic mass is 35.5. The van der Waals surface area contributed by atoms with Crippen LogP contribution in [0.5, 0.6) is 0 Å². The lowest BCUT2D eigenvalue weighted by molar-refractivity contribution is -0.0847. The number of halogens is 1. The lowest BCUT2D eigenvalue weighted by Crippen LogP contribution is -2.31. The van der Waals surface area contributed by atoms with Crippen molar-refractivity contribution in [2.45, 2.75) is 17.9 Å². The Labute approximate surface area is 69.7 Å². The van der Waals surface area contributed by atoms with Gasteiger partial charge in [-0.1, -0.05) is 11.6 Å². The lowest BCUT2D eigenvalue weighted by atomic mass is 10.7. The summed E-state index contributed by atoms with van der Waals surface area (Å²) in [5.74, 6) is 0. The Bertz CT molecular complexity index is 201. The first kappa shape index (κ1) is 11.1. The van der Waals surface area contributed by atoms with Crippen LogP contribution in [0.2, 0.25) is 0 Å². The highest BCUT2D eigenvalue weighted by Crippen LogP contribution is 2.10. The minimum absolute atomic E-state index is 0.111. The van der Waals surface area contributed by atoms with E-state index in [1.54, 1.807) is 6.92 Å². The number of aliphatic hydroxyl groups is 1. The maximum Gasteiger partial charge on any atom is 0.287 e. The molecule has 0 heterocycles. The van der Waals surface area contributed by atoms with Gasteiger partial charge in [0.25, 0.3) is 10.1 Å². The van der Waals surface area contributed by atoms with E-state index in [1.165, 1.54) is 0 Å². The Balaban J connectivity index is 4.14. The van der Waals surface area contributed by atoms with E-state index >= 15 is 0 Å². The first-order valence-corrected chi connectivity index (χ1v) is 4.73. The molecule has 0 radical (unpaired) electrons. The van der Waals surface area contributed by atoms with Crippen LogP contribution in [0.3, 0.4) is 0 Å². The second kappa shape index (κ2) is 4.22. The van der Waals surface area contributed by atoms with Gasteiger partial charge in [-0.3, -0.25) is 4.55 Å². The molecule has 0 aromatic rings. The van der Waals surface area contributed by atoms with E-state index in [2.05, 4.69) is 4.74 Å². The van der Waals surface area contributed by atoms with Crippen molar-refractivity contribution in [2.24, 2.45) is 0 Å². The van der Waals surface area contributed by atoms with Gasteiger partial charge in [0.1, 0.15) is 0 Å². The first-order chi connectivity index (χ1) is 4.89. The zero-order chi connectivity index (χ0) is 9.07. The van der Waals surface area contributed by atoms with Crippen molar-refractivity contribution in [3.63, 3.8) is 0 Å². The molecule has 0 aromatic heterocycles. The number of ether oxygens (including phenoxy) is 1. The summed E-state index contributed by atoms with van der Waals surface area (Å²) in [6, 6.07) is 0. The molecule has 0 amide bonds. The van der Waals surface area contributed by atoms with Crippen molar-refractivity contribution in [1.82, 2.24) is 0 Å². The molecule has 0 aromatic carbocycles. The monoisotopic (exact) mass is 204 g/mol. The largest absolute Gasteiger partial charge is 0.366 e. The van der Waals surface area contributed by atoms with Crippen molar-refractivity contribution in [3.8, 4) is 0 Å². The third-order valence-corrected chi connectivity index (χ3v) is 2.54. The molecule has 68 valence electrons. The van der Waals surface area contributed by atoms with E-state index in [9.17, 15) is 8.42 Å². The number of hydrogen-bond donors (Lipinski definition) is 2. The Kier molecular flexibility index (Phi) is 4.27. The number of alkyl halides is 1. The average molecular weight is 205 g/mol. The van der Waals surface area contributed by atoms with Crippen LogP contribution in [0, 0.1) is 0 Å². The van der Waals surface area contributed by atoms with Gasteiger partial charge in [-0.05, 0) is 6.92 Å². The number of rotatable bonds is 4. The molecule has 0 saturated heterocycles. The Morgan fingerprint density at radius 3 is 2.36 bits per heavy atom. The van der Waals surface area contributed by atoms with Gasteiger partial charge < -0.3 is 9.84 Å². The smallest absolute Gasteiger partial charge is 0.287 e. The fraction of sp³-hybridized carbons (Fsp3) is 1.00. The van der Waals surface area contributed by atoms with Crippen LogP contribution < -0.4 is 0 Å². The van der Waals surface area contributed by atoms with E-state index in [4.69, 9.17) is 21.3 Å². The summed E-state index contributed by atoms with van der Waals surface area (Å²) in [5, 5.41) is 8.76. The highest BCUT2D eigenvalue weighted by Gasteiger charge is 2.28. The van der Waals surface area contributed by atoms with Gasteiger partial charge in [0, 0.05) is 6.61 Å². The van der Waals surface area contributed by atoms with Crippen LogP contribution in [-0.4, -0.2) is 35.7 Å². The molecule has 0 aliphatic heterocycles. The molecular weight excluding hydrogens is 196 g/mol. The minimum atomic E-state index is -4.43. The fourth-order valence-corrected chi connectivity index (χ4v) is 0.839. The van der Waals surface area contributed by atoms with E-state index in [0.29, 0.717) is 0 Å². The van der Waals surface area contributed by atoms with Gasteiger partial charge >= 0.3 is 0 Å².